The van der Waals surface area contributed by atoms with Crippen LogP contribution in [0.15, 0.2) is 66.7 Å². The Morgan fingerprint density at radius 1 is 1.08 bits per heavy atom. The number of benzene rings is 3. The summed E-state index contributed by atoms with van der Waals surface area (Å²) < 4.78 is 0. The maximum atomic E-state index is 13.6. The molecule has 0 radical (unpaired) electrons. The Kier molecular flexibility index (Phi) is 9.23. The van der Waals surface area contributed by atoms with E-state index in [4.69, 9.17) is 11.6 Å². The van der Waals surface area contributed by atoms with Crippen LogP contribution in [0.2, 0.25) is 5.02 Å². The van der Waals surface area contributed by atoms with E-state index in [2.05, 4.69) is 55.7 Å². The molecule has 4 rings (SSSR count). The molecule has 3 aromatic rings. The van der Waals surface area contributed by atoms with Gasteiger partial charge in [0, 0.05) is 42.2 Å². The Balaban J connectivity index is 1.43. The van der Waals surface area contributed by atoms with E-state index >= 15 is 0 Å². The summed E-state index contributed by atoms with van der Waals surface area (Å²) in [6.07, 6.45) is 2.55. The van der Waals surface area contributed by atoms with Crippen LogP contribution in [-0.2, 0) is 4.79 Å². The van der Waals surface area contributed by atoms with Crippen LogP contribution in [0.3, 0.4) is 0 Å². The summed E-state index contributed by atoms with van der Waals surface area (Å²) >= 11 is 6.09. The second-order valence-electron chi connectivity index (χ2n) is 10.6. The Morgan fingerprint density at radius 3 is 2.54 bits per heavy atom. The van der Waals surface area contributed by atoms with Crippen molar-refractivity contribution >= 4 is 34.2 Å². The molecule has 0 spiro atoms. The van der Waals surface area contributed by atoms with Gasteiger partial charge in [-0.15, -0.1) is 0 Å². The fraction of sp³-hybridized carbons (Fsp3) is 0.419. The minimum Gasteiger partial charge on any atom is -0.350 e. The zero-order valence-corrected chi connectivity index (χ0v) is 22.8. The van der Waals surface area contributed by atoms with Gasteiger partial charge in [0.1, 0.15) is 0 Å². The summed E-state index contributed by atoms with van der Waals surface area (Å²) in [5.41, 5.74) is 1.89. The number of hydrogen-bond acceptors (Lipinski definition) is 3. The molecule has 0 aromatic heterocycles. The lowest BCUT2D eigenvalue weighted by Gasteiger charge is -2.29. The molecule has 1 aliphatic heterocycles. The highest BCUT2D eigenvalue weighted by atomic mass is 35.5. The molecule has 0 aliphatic carbocycles. The molecule has 1 fully saturated rings. The minimum atomic E-state index is -0.247. The maximum absolute atomic E-state index is 13.6. The minimum absolute atomic E-state index is 0.0257. The predicted molar refractivity (Wildman–Crippen MR) is 152 cm³/mol. The molecule has 3 atom stereocenters. The molecule has 3 aromatic carbocycles. The summed E-state index contributed by atoms with van der Waals surface area (Å²) in [5, 5.41) is 9.34. The largest absolute Gasteiger partial charge is 0.350 e. The molecule has 0 saturated carbocycles. The predicted octanol–water partition coefficient (Wildman–Crippen LogP) is 6.02. The van der Waals surface area contributed by atoms with Crippen LogP contribution in [-0.4, -0.2) is 48.4 Å². The first-order valence-corrected chi connectivity index (χ1v) is 13.8. The number of carbonyl (C=O) groups excluding carboxylic acids is 2. The maximum Gasteiger partial charge on any atom is 0.251 e. The third kappa shape index (κ3) is 7.12. The van der Waals surface area contributed by atoms with E-state index in [-0.39, 0.29) is 23.9 Å². The van der Waals surface area contributed by atoms with Crippen LogP contribution < -0.4 is 10.6 Å². The van der Waals surface area contributed by atoms with Gasteiger partial charge in [-0.1, -0.05) is 74.8 Å². The molecular weight excluding hydrogens is 482 g/mol. The normalized spacial score (nSPS) is 19.2. The van der Waals surface area contributed by atoms with Crippen LogP contribution in [0.1, 0.15) is 61.9 Å². The monoisotopic (exact) mass is 519 g/mol. The topological polar surface area (TPSA) is 61.4 Å². The summed E-state index contributed by atoms with van der Waals surface area (Å²) in [4.78, 5) is 28.6. The Hall–Kier alpha value is -2.89. The fourth-order valence-electron chi connectivity index (χ4n) is 5.20. The molecular formula is C31H38ClN3O2. The highest BCUT2D eigenvalue weighted by Crippen LogP contribution is 2.24. The molecule has 0 bridgehead atoms. The number of nitrogens with one attached hydrogen (secondary N) is 2. The molecule has 196 valence electrons. The van der Waals surface area contributed by atoms with Gasteiger partial charge in [0.25, 0.3) is 5.91 Å². The van der Waals surface area contributed by atoms with Gasteiger partial charge in [0.2, 0.25) is 5.91 Å². The van der Waals surface area contributed by atoms with E-state index in [0.717, 1.165) is 36.6 Å². The highest BCUT2D eigenvalue weighted by Gasteiger charge is 2.32. The third-order valence-electron chi connectivity index (χ3n) is 7.28. The van der Waals surface area contributed by atoms with Crippen LogP contribution >= 0.6 is 11.6 Å². The first-order valence-electron chi connectivity index (χ1n) is 13.4. The van der Waals surface area contributed by atoms with Crippen molar-refractivity contribution < 1.29 is 9.59 Å². The van der Waals surface area contributed by atoms with E-state index in [9.17, 15) is 9.59 Å². The number of fused-ring (bicyclic) bond motifs is 1. The fourth-order valence-corrected chi connectivity index (χ4v) is 5.38. The first kappa shape index (κ1) is 27.2. The van der Waals surface area contributed by atoms with Gasteiger partial charge in [0.05, 0.1) is 6.04 Å². The van der Waals surface area contributed by atoms with Crippen molar-refractivity contribution in [1.29, 1.82) is 0 Å². The van der Waals surface area contributed by atoms with Crippen molar-refractivity contribution in [3.63, 3.8) is 0 Å². The van der Waals surface area contributed by atoms with Crippen LogP contribution in [0, 0.1) is 5.92 Å². The van der Waals surface area contributed by atoms with Gasteiger partial charge in [0.15, 0.2) is 0 Å². The lowest BCUT2D eigenvalue weighted by Crippen LogP contribution is -2.49. The van der Waals surface area contributed by atoms with Gasteiger partial charge in [-0.2, -0.15) is 0 Å². The Morgan fingerprint density at radius 2 is 1.81 bits per heavy atom. The molecule has 2 amide bonds. The molecule has 1 aliphatic rings. The second-order valence-corrected chi connectivity index (χ2v) is 11.0. The number of rotatable bonds is 9. The zero-order chi connectivity index (χ0) is 26.4. The Bertz CT molecular complexity index is 1210. The van der Waals surface area contributed by atoms with Crippen molar-refractivity contribution in [3.8, 4) is 0 Å². The van der Waals surface area contributed by atoms with Crippen molar-refractivity contribution in [1.82, 2.24) is 15.5 Å². The molecule has 6 heteroatoms. The average molecular weight is 520 g/mol. The molecule has 1 saturated heterocycles. The van der Waals surface area contributed by atoms with E-state index in [1.807, 2.05) is 47.4 Å². The number of carbonyl (C=O) groups is 2. The van der Waals surface area contributed by atoms with Gasteiger partial charge >= 0.3 is 0 Å². The summed E-state index contributed by atoms with van der Waals surface area (Å²) in [6.45, 7) is 8.35. The quantitative estimate of drug-likeness (QED) is 0.363. The van der Waals surface area contributed by atoms with Gasteiger partial charge < -0.3 is 15.5 Å². The number of amides is 2. The number of nitrogens with zero attached hydrogens (tertiary/aromatic N) is 1. The van der Waals surface area contributed by atoms with E-state index in [1.165, 1.54) is 5.56 Å². The summed E-state index contributed by atoms with van der Waals surface area (Å²) in [5.74, 6) is 0.759. The third-order valence-corrected chi connectivity index (χ3v) is 7.51. The lowest BCUT2D eigenvalue weighted by atomic mass is 9.95. The van der Waals surface area contributed by atoms with E-state index in [1.54, 1.807) is 0 Å². The van der Waals surface area contributed by atoms with Crippen LogP contribution in [0.5, 0.6) is 0 Å². The summed E-state index contributed by atoms with van der Waals surface area (Å²) in [7, 11) is 0. The van der Waals surface area contributed by atoms with Crippen molar-refractivity contribution in [2.24, 2.45) is 5.92 Å². The molecule has 0 unspecified atom stereocenters. The van der Waals surface area contributed by atoms with Gasteiger partial charge in [-0.05, 0) is 65.8 Å². The Labute approximate surface area is 225 Å². The van der Waals surface area contributed by atoms with Crippen molar-refractivity contribution in [2.75, 3.05) is 19.6 Å². The number of halogens is 1. The zero-order valence-electron chi connectivity index (χ0n) is 22.0. The highest BCUT2D eigenvalue weighted by molar-refractivity contribution is 6.31. The van der Waals surface area contributed by atoms with Crippen LogP contribution in [0.25, 0.3) is 10.8 Å². The van der Waals surface area contributed by atoms with Gasteiger partial charge in [-0.25, -0.2) is 0 Å². The molecule has 1 heterocycles. The van der Waals surface area contributed by atoms with Crippen LogP contribution in [0.4, 0.5) is 0 Å². The lowest BCUT2D eigenvalue weighted by molar-refractivity contribution is -0.133. The van der Waals surface area contributed by atoms with E-state index < -0.39 is 0 Å². The standard InChI is InChI=1S/C31H38ClN3O2/c1-4-22(23-8-6-5-7-9-23)20-35-15-14-28(34-29(31(35)37)16-21(2)3)19-33-30(36)26-11-10-25-18-27(32)13-12-24(25)17-26/h5-13,17-18,21-22,28-29,34H,4,14-16,19-20H2,1-3H3,(H,33,36)/t22-,28+,29+/m1/s1. The van der Waals surface area contributed by atoms with Crippen molar-refractivity contribution in [2.45, 2.75) is 58.0 Å². The number of hydrogen-bond donors (Lipinski definition) is 2. The summed E-state index contributed by atoms with van der Waals surface area (Å²) in [6, 6.07) is 21.5. The molecule has 2 N–H and O–H groups in total. The first-order chi connectivity index (χ1) is 17.8. The average Bonchev–Trinajstić information content (AvgIpc) is 3.04. The second kappa shape index (κ2) is 12.6. The van der Waals surface area contributed by atoms with Gasteiger partial charge in [-0.3, -0.25) is 9.59 Å². The van der Waals surface area contributed by atoms with E-state index in [0.29, 0.717) is 35.5 Å². The molecule has 5 nitrogen and oxygen atoms in total. The van der Waals surface area contributed by atoms with Crippen molar-refractivity contribution in [3.05, 3.63) is 82.9 Å². The smallest absolute Gasteiger partial charge is 0.251 e. The SMILES string of the molecule is CC[C@H](CN1CC[C@@H](CNC(=O)c2ccc3cc(Cl)ccc3c2)N[C@@H](CC(C)C)C1=O)c1ccccc1. The molecule has 37 heavy (non-hydrogen) atoms.